The van der Waals surface area contributed by atoms with Gasteiger partial charge >= 0.3 is 6.09 Å². The largest absolute Gasteiger partial charge is 0.491 e. The molecule has 0 aromatic heterocycles. The first-order valence-electron chi connectivity index (χ1n) is 13.2. The van der Waals surface area contributed by atoms with Crippen LogP contribution in [0.4, 0.5) is 4.79 Å². The lowest BCUT2D eigenvalue weighted by Crippen LogP contribution is -2.53. The number of β-amino-alcohol motifs (C(OH)–C–C–N with tert-alkyl or cyclic N) is 1. The van der Waals surface area contributed by atoms with Crippen LogP contribution in [0, 0.1) is 6.92 Å². The molecule has 2 aliphatic rings. The van der Waals surface area contributed by atoms with Crippen LogP contribution < -0.4 is 4.74 Å². The summed E-state index contributed by atoms with van der Waals surface area (Å²) < 4.78 is 11.7. The lowest BCUT2D eigenvalue weighted by molar-refractivity contribution is -0.0306. The lowest BCUT2D eigenvalue weighted by atomic mass is 10.00. The number of hydrogen-bond acceptors (Lipinski definition) is 5. The third-order valence-corrected chi connectivity index (χ3v) is 7.00. The van der Waals surface area contributed by atoms with E-state index < -0.39 is 11.2 Å². The van der Waals surface area contributed by atoms with E-state index in [1.807, 2.05) is 69.9 Å². The number of nitrogens with zero attached hydrogens (tertiary/aromatic N) is 2. The topological polar surface area (TPSA) is 62.2 Å². The van der Waals surface area contributed by atoms with E-state index in [0.717, 1.165) is 43.7 Å². The van der Waals surface area contributed by atoms with E-state index in [4.69, 9.17) is 9.47 Å². The van der Waals surface area contributed by atoms with Crippen LogP contribution in [0.5, 0.6) is 5.75 Å². The molecule has 6 nitrogen and oxygen atoms in total. The first kappa shape index (κ1) is 26.5. The molecule has 196 valence electrons. The lowest BCUT2D eigenvalue weighted by Gasteiger charge is -2.41. The minimum atomic E-state index is -0.962. The highest BCUT2D eigenvalue weighted by atomic mass is 16.6. The number of hydrogen-bond donors (Lipinski definition) is 1. The van der Waals surface area contributed by atoms with Gasteiger partial charge in [0.1, 0.15) is 23.6 Å². The molecule has 1 heterocycles. The molecule has 0 bridgehead atoms. The molecule has 1 saturated heterocycles. The van der Waals surface area contributed by atoms with Crippen molar-refractivity contribution in [1.29, 1.82) is 0 Å². The number of aryl methyl sites for hydroxylation is 1. The third-order valence-electron chi connectivity index (χ3n) is 7.00. The summed E-state index contributed by atoms with van der Waals surface area (Å²) in [5.74, 6) is 1.15. The standard InChI is InChI=1S/C30H42N2O4/c1-22-10-9-13-25(18-22)35-21-30(5,34)20-31-16-14-24(15-17-31)32(28(33)36-29(2,3)4)27-19-26(27)23-11-7-6-8-12-23/h6-13,18,24,26-27,34H,14-17,19-21H2,1-5H3/t26-,27+,30?/m0/s1. The predicted molar refractivity (Wildman–Crippen MR) is 142 cm³/mol. The van der Waals surface area contributed by atoms with Crippen LogP contribution in [0.3, 0.4) is 0 Å². The molecule has 0 radical (unpaired) electrons. The summed E-state index contributed by atoms with van der Waals surface area (Å²) in [6.07, 6.45) is 2.51. The molecule has 1 aliphatic carbocycles. The van der Waals surface area contributed by atoms with Crippen molar-refractivity contribution in [2.45, 2.75) is 83.1 Å². The van der Waals surface area contributed by atoms with Crippen LogP contribution in [0.15, 0.2) is 54.6 Å². The Kier molecular flexibility index (Phi) is 7.96. The zero-order chi connectivity index (χ0) is 25.9. The summed E-state index contributed by atoms with van der Waals surface area (Å²) in [7, 11) is 0. The molecule has 1 saturated carbocycles. The van der Waals surface area contributed by atoms with E-state index in [2.05, 4.69) is 29.2 Å². The zero-order valence-corrected chi connectivity index (χ0v) is 22.4. The molecule has 4 rings (SSSR count). The fourth-order valence-electron chi connectivity index (χ4n) is 5.24. The number of carbonyl (C=O) groups is 1. The van der Waals surface area contributed by atoms with Gasteiger partial charge in [0.15, 0.2) is 0 Å². The molecule has 1 unspecified atom stereocenters. The smallest absolute Gasteiger partial charge is 0.410 e. The van der Waals surface area contributed by atoms with Gasteiger partial charge in [0.25, 0.3) is 0 Å². The van der Waals surface area contributed by atoms with Crippen LogP contribution in [-0.2, 0) is 4.74 Å². The van der Waals surface area contributed by atoms with Crippen LogP contribution in [0.25, 0.3) is 0 Å². The fourth-order valence-corrected chi connectivity index (χ4v) is 5.24. The maximum atomic E-state index is 13.3. The molecule has 6 heteroatoms. The number of rotatable bonds is 8. The van der Waals surface area contributed by atoms with Crippen molar-refractivity contribution in [2.75, 3.05) is 26.2 Å². The average molecular weight is 495 g/mol. The van der Waals surface area contributed by atoms with Gasteiger partial charge < -0.3 is 24.4 Å². The Morgan fingerprint density at radius 3 is 2.39 bits per heavy atom. The van der Waals surface area contributed by atoms with Crippen molar-refractivity contribution in [3.8, 4) is 5.75 Å². The molecule has 1 amide bonds. The normalized spacial score (nSPS) is 22.5. The Bertz CT molecular complexity index is 1010. The molecule has 1 aliphatic heterocycles. The number of ether oxygens (including phenoxy) is 2. The molecule has 1 N–H and O–H groups in total. The number of benzene rings is 2. The Morgan fingerprint density at radius 2 is 1.75 bits per heavy atom. The van der Waals surface area contributed by atoms with Crippen molar-refractivity contribution >= 4 is 6.09 Å². The molecule has 2 aromatic carbocycles. The number of likely N-dealkylation sites (tertiary alicyclic amines) is 1. The van der Waals surface area contributed by atoms with Crippen LogP contribution >= 0.6 is 0 Å². The summed E-state index contributed by atoms with van der Waals surface area (Å²) in [6, 6.07) is 18.7. The summed E-state index contributed by atoms with van der Waals surface area (Å²) in [5.41, 5.74) is 0.937. The Labute approximate surface area is 216 Å². The molecular formula is C30H42N2O4. The molecule has 3 atom stereocenters. The first-order chi connectivity index (χ1) is 17.0. The van der Waals surface area contributed by atoms with Crippen molar-refractivity contribution < 1.29 is 19.4 Å². The van der Waals surface area contributed by atoms with Gasteiger partial charge in [0.05, 0.1) is 0 Å². The van der Waals surface area contributed by atoms with Gasteiger partial charge in [0.2, 0.25) is 0 Å². The molecule has 2 aromatic rings. The number of aliphatic hydroxyl groups is 1. The second kappa shape index (κ2) is 10.8. The zero-order valence-electron chi connectivity index (χ0n) is 22.4. The third kappa shape index (κ3) is 7.23. The van der Waals surface area contributed by atoms with E-state index in [1.165, 1.54) is 5.56 Å². The van der Waals surface area contributed by atoms with Crippen LogP contribution in [-0.4, -0.2) is 70.5 Å². The summed E-state index contributed by atoms with van der Waals surface area (Å²) in [4.78, 5) is 17.6. The van der Waals surface area contributed by atoms with Crippen molar-refractivity contribution in [1.82, 2.24) is 9.80 Å². The quantitative estimate of drug-likeness (QED) is 0.534. The van der Waals surface area contributed by atoms with Gasteiger partial charge in [-0.05, 0) is 77.1 Å². The first-order valence-corrected chi connectivity index (χ1v) is 13.2. The van der Waals surface area contributed by atoms with E-state index in [1.54, 1.807) is 0 Å². The van der Waals surface area contributed by atoms with Crippen molar-refractivity contribution in [3.05, 3.63) is 65.7 Å². The van der Waals surface area contributed by atoms with E-state index in [9.17, 15) is 9.90 Å². The molecule has 0 spiro atoms. The average Bonchev–Trinajstić information content (AvgIpc) is 3.59. The minimum Gasteiger partial charge on any atom is -0.491 e. The maximum absolute atomic E-state index is 13.3. The summed E-state index contributed by atoms with van der Waals surface area (Å²) in [6.45, 7) is 12.1. The van der Waals surface area contributed by atoms with Crippen molar-refractivity contribution in [2.24, 2.45) is 0 Å². The Balaban J connectivity index is 1.34. The van der Waals surface area contributed by atoms with Crippen LogP contribution in [0.2, 0.25) is 0 Å². The summed E-state index contributed by atoms with van der Waals surface area (Å²) >= 11 is 0. The van der Waals surface area contributed by atoms with Gasteiger partial charge in [0, 0.05) is 37.6 Å². The molecule has 36 heavy (non-hydrogen) atoms. The van der Waals surface area contributed by atoms with Crippen molar-refractivity contribution in [3.63, 3.8) is 0 Å². The van der Waals surface area contributed by atoms with E-state index >= 15 is 0 Å². The number of piperidine rings is 1. The molecular weight excluding hydrogens is 452 g/mol. The second-order valence-corrected chi connectivity index (χ2v) is 11.8. The van der Waals surface area contributed by atoms with Crippen LogP contribution in [0.1, 0.15) is 64.0 Å². The highest BCUT2D eigenvalue weighted by Crippen LogP contribution is 2.46. The number of carbonyl (C=O) groups excluding carboxylic acids is 1. The highest BCUT2D eigenvalue weighted by molar-refractivity contribution is 5.70. The van der Waals surface area contributed by atoms with Gasteiger partial charge in [-0.2, -0.15) is 0 Å². The SMILES string of the molecule is Cc1cccc(OCC(C)(O)CN2CCC(N(C(=O)OC(C)(C)C)[C@@H]3C[C@H]3c3ccccc3)CC2)c1. The van der Waals surface area contributed by atoms with Gasteiger partial charge in [-0.25, -0.2) is 4.79 Å². The summed E-state index contributed by atoms with van der Waals surface area (Å²) in [5, 5.41) is 11.0. The second-order valence-electron chi connectivity index (χ2n) is 11.8. The Hall–Kier alpha value is -2.57. The van der Waals surface area contributed by atoms with E-state index in [0.29, 0.717) is 12.5 Å². The van der Waals surface area contributed by atoms with Gasteiger partial charge in [-0.1, -0.05) is 42.5 Å². The minimum absolute atomic E-state index is 0.142. The van der Waals surface area contributed by atoms with Gasteiger partial charge in [-0.15, -0.1) is 0 Å². The number of amides is 1. The molecule has 2 fully saturated rings. The highest BCUT2D eigenvalue weighted by Gasteiger charge is 2.49. The van der Waals surface area contributed by atoms with Gasteiger partial charge in [-0.3, -0.25) is 0 Å². The predicted octanol–water partition coefficient (Wildman–Crippen LogP) is 5.38. The fraction of sp³-hybridized carbons (Fsp3) is 0.567. The maximum Gasteiger partial charge on any atom is 0.410 e. The van der Waals surface area contributed by atoms with E-state index in [-0.39, 0.29) is 24.8 Å². The Morgan fingerprint density at radius 1 is 1.06 bits per heavy atom. The monoisotopic (exact) mass is 494 g/mol.